The molecule has 0 aromatic carbocycles. The van der Waals surface area contributed by atoms with Gasteiger partial charge >= 0.3 is 0 Å². The van der Waals surface area contributed by atoms with E-state index in [2.05, 4.69) is 19.9 Å². The van der Waals surface area contributed by atoms with Gasteiger partial charge in [0.15, 0.2) is 0 Å². The van der Waals surface area contributed by atoms with E-state index in [1.54, 1.807) is 0 Å². The van der Waals surface area contributed by atoms with Gasteiger partial charge in [0.1, 0.15) is 0 Å². The van der Waals surface area contributed by atoms with Crippen molar-refractivity contribution in [2.75, 3.05) is 0 Å². The van der Waals surface area contributed by atoms with Crippen molar-refractivity contribution in [2.24, 2.45) is 0 Å². The van der Waals surface area contributed by atoms with Gasteiger partial charge in [-0.2, -0.15) is 0 Å². The van der Waals surface area contributed by atoms with Crippen LogP contribution in [0.1, 0.15) is 39.5 Å². The van der Waals surface area contributed by atoms with Crippen molar-refractivity contribution in [3.05, 3.63) is 18.6 Å². The van der Waals surface area contributed by atoms with Crippen LogP contribution in [0.25, 0.3) is 0 Å². The Morgan fingerprint density at radius 2 is 2.11 bits per heavy atom. The van der Waals surface area contributed by atoms with Crippen LogP contribution in [0.5, 0.6) is 0 Å². The Labute approximate surface area is 59.0 Å². The summed E-state index contributed by atoms with van der Waals surface area (Å²) in [7, 11) is 0. The van der Waals surface area contributed by atoms with Crippen LogP contribution in [0.4, 0.5) is 0 Å². The predicted molar refractivity (Wildman–Crippen MR) is 43.3 cm³/mol. The summed E-state index contributed by atoms with van der Waals surface area (Å²) in [5.41, 5.74) is 1.20. The van der Waals surface area contributed by atoms with Crippen molar-refractivity contribution >= 4 is 0 Å². The van der Waals surface area contributed by atoms with Gasteiger partial charge in [0.2, 0.25) is 0 Å². The molecule has 0 heteroatoms. The van der Waals surface area contributed by atoms with Gasteiger partial charge in [-0.05, 0) is 19.8 Å². The molecule has 0 fully saturated rings. The van der Waals surface area contributed by atoms with Crippen LogP contribution in [-0.4, -0.2) is 0 Å². The normalized spacial score (nSPS) is 9.56. The first kappa shape index (κ1) is 8.74. The van der Waals surface area contributed by atoms with Crippen LogP contribution < -0.4 is 0 Å². The fraction of sp³-hybridized carbons (Fsp3) is 0.667. The molecule has 0 N–H and O–H groups in total. The molecule has 0 bridgehead atoms. The van der Waals surface area contributed by atoms with Crippen LogP contribution in [-0.2, 0) is 0 Å². The molecule has 0 aliphatic rings. The van der Waals surface area contributed by atoms with Crippen molar-refractivity contribution in [3.63, 3.8) is 0 Å². The molecule has 9 heavy (non-hydrogen) atoms. The standard InChI is InChI=1S/C9H17/c1-4-5-6-7-8-9(2)3/h8H,2,4-7H2,1,3H3. The molecule has 0 unspecified atom stereocenters. The molecule has 0 saturated heterocycles. The fourth-order valence-electron chi connectivity index (χ4n) is 0.743. The lowest BCUT2D eigenvalue weighted by atomic mass is 10.1. The molecule has 0 heterocycles. The topological polar surface area (TPSA) is 0 Å². The molecule has 0 aliphatic heterocycles. The molecule has 0 nitrogen and oxygen atoms in total. The van der Waals surface area contributed by atoms with Gasteiger partial charge in [-0.3, -0.25) is 0 Å². The predicted octanol–water partition coefficient (Wildman–Crippen LogP) is 3.35. The summed E-state index contributed by atoms with van der Waals surface area (Å²) < 4.78 is 0. The van der Waals surface area contributed by atoms with Crippen LogP contribution in [0, 0.1) is 6.42 Å². The Kier molecular flexibility index (Phi) is 5.70. The molecule has 53 valence electrons. The van der Waals surface area contributed by atoms with Crippen molar-refractivity contribution in [3.8, 4) is 0 Å². The molecule has 0 aromatic rings. The molecular weight excluding hydrogens is 108 g/mol. The number of hydrogen-bond acceptors (Lipinski definition) is 0. The van der Waals surface area contributed by atoms with E-state index in [1.165, 1.54) is 31.3 Å². The van der Waals surface area contributed by atoms with Gasteiger partial charge in [0, 0.05) is 0 Å². The SMILES string of the molecule is C=C(C)[CH]CCCCC. The van der Waals surface area contributed by atoms with Crippen LogP contribution >= 0.6 is 0 Å². The van der Waals surface area contributed by atoms with Crippen molar-refractivity contribution in [2.45, 2.75) is 39.5 Å². The minimum absolute atomic E-state index is 1.20. The Balaban J connectivity index is 2.83. The summed E-state index contributed by atoms with van der Waals surface area (Å²) in [5, 5.41) is 0. The second-order valence-corrected chi connectivity index (χ2v) is 2.55. The average molecular weight is 125 g/mol. The second-order valence-electron chi connectivity index (χ2n) is 2.55. The molecule has 0 atom stereocenters. The Bertz CT molecular complexity index is 72.1. The third kappa shape index (κ3) is 7.74. The van der Waals surface area contributed by atoms with E-state index in [4.69, 9.17) is 0 Å². The highest BCUT2D eigenvalue weighted by atomic mass is 13.9. The highest BCUT2D eigenvalue weighted by Gasteiger charge is 1.87. The lowest BCUT2D eigenvalue weighted by Gasteiger charge is -1.96. The monoisotopic (exact) mass is 125 g/mol. The van der Waals surface area contributed by atoms with Crippen LogP contribution in [0.15, 0.2) is 12.2 Å². The Hall–Kier alpha value is -0.260. The summed E-state index contributed by atoms with van der Waals surface area (Å²) in [6.45, 7) is 8.07. The summed E-state index contributed by atoms with van der Waals surface area (Å²) in [6, 6.07) is 0. The maximum absolute atomic E-state index is 3.80. The highest BCUT2D eigenvalue weighted by molar-refractivity contribution is 5.02. The molecule has 0 saturated carbocycles. The van der Waals surface area contributed by atoms with Gasteiger partial charge in [-0.1, -0.05) is 38.3 Å². The maximum atomic E-state index is 3.80. The first-order valence-electron chi connectivity index (χ1n) is 3.76. The average Bonchev–Trinajstić information content (AvgIpc) is 1.80. The van der Waals surface area contributed by atoms with Gasteiger partial charge in [0.25, 0.3) is 0 Å². The van der Waals surface area contributed by atoms with E-state index in [9.17, 15) is 0 Å². The van der Waals surface area contributed by atoms with Gasteiger partial charge in [0.05, 0.1) is 0 Å². The molecule has 1 radical (unpaired) electrons. The minimum Gasteiger partial charge on any atom is -0.0998 e. The maximum Gasteiger partial charge on any atom is -0.0143 e. The zero-order valence-corrected chi connectivity index (χ0v) is 6.61. The highest BCUT2D eigenvalue weighted by Crippen LogP contribution is 2.05. The van der Waals surface area contributed by atoms with Gasteiger partial charge in [-0.25, -0.2) is 0 Å². The first-order chi connectivity index (χ1) is 4.27. The van der Waals surface area contributed by atoms with E-state index in [0.717, 1.165) is 0 Å². The third-order valence-corrected chi connectivity index (χ3v) is 1.30. The number of rotatable bonds is 5. The van der Waals surface area contributed by atoms with E-state index >= 15 is 0 Å². The number of allylic oxidation sites excluding steroid dienone is 1. The molecule has 0 spiro atoms. The number of hydrogen-bond donors (Lipinski definition) is 0. The van der Waals surface area contributed by atoms with Crippen molar-refractivity contribution in [1.82, 2.24) is 0 Å². The zero-order valence-electron chi connectivity index (χ0n) is 6.61. The zero-order chi connectivity index (χ0) is 7.11. The molecule has 0 amide bonds. The third-order valence-electron chi connectivity index (χ3n) is 1.30. The second kappa shape index (κ2) is 5.87. The summed E-state index contributed by atoms with van der Waals surface area (Å²) in [4.78, 5) is 0. The molecule has 0 aromatic heterocycles. The largest absolute Gasteiger partial charge is 0.0998 e. The van der Waals surface area contributed by atoms with E-state index in [0.29, 0.717) is 0 Å². The molecule has 0 aliphatic carbocycles. The lowest BCUT2D eigenvalue weighted by Crippen LogP contribution is -1.78. The minimum atomic E-state index is 1.20. The molecular formula is C9H17. The quantitative estimate of drug-likeness (QED) is 0.494. The summed E-state index contributed by atoms with van der Waals surface area (Å²) >= 11 is 0. The first-order valence-corrected chi connectivity index (χ1v) is 3.76. The Morgan fingerprint density at radius 3 is 2.56 bits per heavy atom. The van der Waals surface area contributed by atoms with Crippen molar-refractivity contribution in [1.29, 1.82) is 0 Å². The van der Waals surface area contributed by atoms with E-state index in [1.807, 2.05) is 6.92 Å². The Morgan fingerprint density at radius 1 is 1.44 bits per heavy atom. The van der Waals surface area contributed by atoms with Crippen LogP contribution in [0.2, 0.25) is 0 Å². The smallest absolute Gasteiger partial charge is 0.0143 e. The van der Waals surface area contributed by atoms with E-state index < -0.39 is 0 Å². The lowest BCUT2D eigenvalue weighted by molar-refractivity contribution is 0.714. The van der Waals surface area contributed by atoms with Gasteiger partial charge in [-0.15, -0.1) is 0 Å². The van der Waals surface area contributed by atoms with Gasteiger partial charge < -0.3 is 0 Å². The molecule has 0 rings (SSSR count). The summed E-state index contributed by atoms with van der Waals surface area (Å²) in [6.07, 6.45) is 7.40. The number of unbranched alkanes of at least 4 members (excludes halogenated alkanes) is 3. The van der Waals surface area contributed by atoms with E-state index in [-0.39, 0.29) is 0 Å². The van der Waals surface area contributed by atoms with Crippen molar-refractivity contribution < 1.29 is 0 Å². The van der Waals surface area contributed by atoms with Crippen LogP contribution in [0.3, 0.4) is 0 Å². The summed E-state index contributed by atoms with van der Waals surface area (Å²) in [5.74, 6) is 0. The fourth-order valence-corrected chi connectivity index (χ4v) is 0.743.